The van der Waals surface area contributed by atoms with E-state index >= 15 is 0 Å². The van der Waals surface area contributed by atoms with Gasteiger partial charge in [0.1, 0.15) is 5.75 Å². The molecule has 23 heavy (non-hydrogen) atoms. The number of benzene rings is 1. The Bertz CT molecular complexity index is 563. The number of piperidine rings is 1. The molecule has 5 heteroatoms. The zero-order valence-electron chi connectivity index (χ0n) is 14.1. The highest BCUT2D eigenvalue weighted by atomic mass is 16.5. The van der Waals surface area contributed by atoms with Crippen LogP contribution < -0.4 is 9.64 Å². The van der Waals surface area contributed by atoms with Crippen molar-refractivity contribution in [2.24, 2.45) is 0 Å². The lowest BCUT2D eigenvalue weighted by atomic mass is 9.85. The molecule has 5 nitrogen and oxygen atoms in total. The number of nitrogens with zero attached hydrogens (tertiary/aromatic N) is 2. The molecule has 0 N–H and O–H groups in total. The average molecular weight is 318 g/mol. The lowest BCUT2D eigenvalue weighted by Crippen LogP contribution is -2.54. The van der Waals surface area contributed by atoms with Gasteiger partial charge < -0.3 is 14.4 Å². The molecule has 2 fully saturated rings. The Morgan fingerprint density at radius 2 is 2.04 bits per heavy atom. The average Bonchev–Trinajstić information content (AvgIpc) is 2.91. The number of carbonyl (C=O) groups excluding carboxylic acids is 1. The Morgan fingerprint density at radius 1 is 1.22 bits per heavy atom. The van der Waals surface area contributed by atoms with Gasteiger partial charge in [-0.15, -0.1) is 0 Å². The Kier molecular flexibility index (Phi) is 4.87. The normalized spacial score (nSPS) is 25.3. The number of para-hydroxylation sites is 2. The maximum absolute atomic E-state index is 12.7. The molecule has 0 saturated carbocycles. The second-order valence-corrected chi connectivity index (χ2v) is 6.49. The van der Waals surface area contributed by atoms with E-state index < -0.39 is 0 Å². The summed E-state index contributed by atoms with van der Waals surface area (Å²) in [5, 5.41) is 0. The Morgan fingerprint density at radius 3 is 2.83 bits per heavy atom. The van der Waals surface area contributed by atoms with Crippen LogP contribution in [0.25, 0.3) is 0 Å². The molecule has 2 aliphatic rings. The number of rotatable bonds is 5. The Balaban J connectivity index is 1.85. The van der Waals surface area contributed by atoms with Crippen molar-refractivity contribution in [2.45, 2.75) is 31.2 Å². The highest BCUT2D eigenvalue weighted by Gasteiger charge is 2.48. The highest BCUT2D eigenvalue weighted by Crippen LogP contribution is 2.41. The molecule has 2 aliphatic heterocycles. The largest absolute Gasteiger partial charge is 0.495 e. The number of amides is 1. The van der Waals surface area contributed by atoms with Crippen molar-refractivity contribution in [1.29, 1.82) is 0 Å². The predicted molar refractivity (Wildman–Crippen MR) is 90.0 cm³/mol. The molecule has 2 heterocycles. The van der Waals surface area contributed by atoms with Crippen LogP contribution in [0.5, 0.6) is 5.75 Å². The minimum atomic E-state index is -0.0469. The first-order chi connectivity index (χ1) is 11.2. The number of methoxy groups -OCH3 is 2. The summed E-state index contributed by atoms with van der Waals surface area (Å²) in [6, 6.07) is 7.78. The SMILES string of the molecule is COCCN1CCCC[C@]12CC(=O)N(c1ccccc1OC)C2. The van der Waals surface area contributed by atoms with Gasteiger partial charge in [0.15, 0.2) is 0 Å². The summed E-state index contributed by atoms with van der Waals surface area (Å²) in [5.41, 5.74) is 0.837. The molecule has 0 aromatic heterocycles. The fourth-order valence-corrected chi connectivity index (χ4v) is 3.97. The van der Waals surface area contributed by atoms with Gasteiger partial charge in [-0.3, -0.25) is 9.69 Å². The number of anilines is 1. The van der Waals surface area contributed by atoms with Crippen molar-refractivity contribution >= 4 is 11.6 Å². The van der Waals surface area contributed by atoms with E-state index in [0.717, 1.165) is 37.5 Å². The van der Waals surface area contributed by atoms with Crippen molar-refractivity contribution < 1.29 is 14.3 Å². The van der Waals surface area contributed by atoms with Gasteiger partial charge in [0, 0.05) is 32.2 Å². The number of ether oxygens (including phenoxy) is 2. The fraction of sp³-hybridized carbons (Fsp3) is 0.611. The van der Waals surface area contributed by atoms with E-state index in [1.807, 2.05) is 29.2 Å². The summed E-state index contributed by atoms with van der Waals surface area (Å²) in [6.45, 7) is 3.40. The minimum absolute atomic E-state index is 0.0469. The molecule has 1 atom stereocenters. The molecule has 0 bridgehead atoms. The molecule has 1 aromatic carbocycles. The van der Waals surface area contributed by atoms with Crippen LogP contribution in [0.4, 0.5) is 5.69 Å². The van der Waals surface area contributed by atoms with Gasteiger partial charge in [-0.2, -0.15) is 0 Å². The van der Waals surface area contributed by atoms with E-state index in [-0.39, 0.29) is 11.4 Å². The minimum Gasteiger partial charge on any atom is -0.495 e. The summed E-state index contributed by atoms with van der Waals surface area (Å²) < 4.78 is 10.7. The molecular weight excluding hydrogens is 292 g/mol. The number of carbonyl (C=O) groups is 1. The molecule has 0 unspecified atom stereocenters. The third-order valence-corrected chi connectivity index (χ3v) is 5.17. The lowest BCUT2D eigenvalue weighted by Gasteiger charge is -2.44. The second-order valence-electron chi connectivity index (χ2n) is 6.49. The topological polar surface area (TPSA) is 42.0 Å². The third-order valence-electron chi connectivity index (χ3n) is 5.17. The molecule has 2 saturated heterocycles. The maximum atomic E-state index is 12.7. The third kappa shape index (κ3) is 3.08. The number of hydrogen-bond donors (Lipinski definition) is 0. The standard InChI is InChI=1S/C18H26N2O3/c1-22-12-11-19-10-6-5-9-18(19)13-17(21)20(14-18)15-7-3-4-8-16(15)23-2/h3-4,7-8H,5-6,9-14H2,1-2H3/t18-/m1/s1. The van der Waals surface area contributed by atoms with Gasteiger partial charge >= 0.3 is 0 Å². The van der Waals surface area contributed by atoms with Crippen LogP contribution in [0.3, 0.4) is 0 Å². The van der Waals surface area contributed by atoms with Gasteiger partial charge in [-0.1, -0.05) is 18.6 Å². The fourth-order valence-electron chi connectivity index (χ4n) is 3.97. The smallest absolute Gasteiger partial charge is 0.229 e. The summed E-state index contributed by atoms with van der Waals surface area (Å²) in [6.07, 6.45) is 4.06. The second kappa shape index (κ2) is 6.89. The molecule has 0 radical (unpaired) electrons. The lowest BCUT2D eigenvalue weighted by molar-refractivity contribution is -0.118. The molecule has 0 aliphatic carbocycles. The van der Waals surface area contributed by atoms with Crippen LogP contribution in [0, 0.1) is 0 Å². The van der Waals surface area contributed by atoms with Crippen LogP contribution in [0.1, 0.15) is 25.7 Å². The zero-order chi connectivity index (χ0) is 16.3. The first-order valence-corrected chi connectivity index (χ1v) is 8.37. The Labute approximate surface area is 138 Å². The molecule has 1 amide bonds. The number of likely N-dealkylation sites (tertiary alicyclic amines) is 1. The Hall–Kier alpha value is -1.59. The molecule has 126 valence electrons. The highest BCUT2D eigenvalue weighted by molar-refractivity contribution is 5.98. The molecule has 1 aromatic rings. The van der Waals surface area contributed by atoms with Crippen LogP contribution in [-0.4, -0.2) is 56.8 Å². The van der Waals surface area contributed by atoms with Crippen molar-refractivity contribution in [2.75, 3.05) is 45.4 Å². The monoisotopic (exact) mass is 318 g/mol. The van der Waals surface area contributed by atoms with Crippen molar-refractivity contribution in [1.82, 2.24) is 4.90 Å². The van der Waals surface area contributed by atoms with Crippen LogP contribution in [-0.2, 0) is 9.53 Å². The first-order valence-electron chi connectivity index (χ1n) is 8.37. The van der Waals surface area contributed by atoms with Crippen LogP contribution in [0.15, 0.2) is 24.3 Å². The molecule has 3 rings (SSSR count). The molecular formula is C18H26N2O3. The van der Waals surface area contributed by atoms with E-state index in [4.69, 9.17) is 9.47 Å². The zero-order valence-corrected chi connectivity index (χ0v) is 14.1. The summed E-state index contributed by atoms with van der Waals surface area (Å²) in [7, 11) is 3.39. The van der Waals surface area contributed by atoms with E-state index in [1.165, 1.54) is 12.8 Å². The van der Waals surface area contributed by atoms with E-state index in [1.54, 1.807) is 14.2 Å². The first kappa shape index (κ1) is 16.3. The summed E-state index contributed by atoms with van der Waals surface area (Å²) in [4.78, 5) is 17.1. The quantitative estimate of drug-likeness (QED) is 0.835. The van der Waals surface area contributed by atoms with Crippen LogP contribution >= 0.6 is 0 Å². The van der Waals surface area contributed by atoms with E-state index in [2.05, 4.69) is 4.90 Å². The summed E-state index contributed by atoms with van der Waals surface area (Å²) >= 11 is 0. The van der Waals surface area contributed by atoms with Crippen molar-refractivity contribution in [3.05, 3.63) is 24.3 Å². The predicted octanol–water partition coefficient (Wildman–Crippen LogP) is 2.30. The van der Waals surface area contributed by atoms with E-state index in [0.29, 0.717) is 13.0 Å². The maximum Gasteiger partial charge on any atom is 0.229 e. The van der Waals surface area contributed by atoms with Gasteiger partial charge in [0.05, 0.1) is 19.4 Å². The van der Waals surface area contributed by atoms with E-state index in [9.17, 15) is 4.79 Å². The van der Waals surface area contributed by atoms with Gasteiger partial charge in [0.2, 0.25) is 5.91 Å². The van der Waals surface area contributed by atoms with Gasteiger partial charge in [0.25, 0.3) is 0 Å². The van der Waals surface area contributed by atoms with Crippen LogP contribution in [0.2, 0.25) is 0 Å². The van der Waals surface area contributed by atoms with Crippen molar-refractivity contribution in [3.8, 4) is 5.75 Å². The van der Waals surface area contributed by atoms with Gasteiger partial charge in [-0.05, 0) is 31.5 Å². The van der Waals surface area contributed by atoms with Crippen molar-refractivity contribution in [3.63, 3.8) is 0 Å². The summed E-state index contributed by atoms with van der Waals surface area (Å²) in [5.74, 6) is 0.955. The molecule has 1 spiro atoms. The number of hydrogen-bond acceptors (Lipinski definition) is 4. The van der Waals surface area contributed by atoms with Gasteiger partial charge in [-0.25, -0.2) is 0 Å².